The standard InChI is InChI=1S/C11H22N2O2/c1-9(2)10(5-8-14)12-11(15)13-6-3-4-7-13/h9-10,14H,3-8H2,1-2H3,(H,12,15). The van der Waals surface area contributed by atoms with Crippen LogP contribution in [0.15, 0.2) is 0 Å². The van der Waals surface area contributed by atoms with Crippen molar-refractivity contribution in [1.82, 2.24) is 10.2 Å². The van der Waals surface area contributed by atoms with E-state index < -0.39 is 0 Å². The predicted octanol–water partition coefficient (Wildman–Crippen LogP) is 1.20. The maximum atomic E-state index is 11.8. The zero-order chi connectivity index (χ0) is 11.3. The molecule has 1 heterocycles. The van der Waals surface area contributed by atoms with Crippen molar-refractivity contribution >= 4 is 6.03 Å². The highest BCUT2D eigenvalue weighted by molar-refractivity contribution is 5.74. The minimum absolute atomic E-state index is 0.0275. The van der Waals surface area contributed by atoms with Gasteiger partial charge in [-0.15, -0.1) is 0 Å². The maximum Gasteiger partial charge on any atom is 0.317 e. The molecule has 0 spiro atoms. The number of aliphatic hydroxyl groups is 1. The van der Waals surface area contributed by atoms with Crippen LogP contribution >= 0.6 is 0 Å². The molecule has 15 heavy (non-hydrogen) atoms. The number of likely N-dealkylation sites (tertiary alicyclic amines) is 1. The molecule has 0 aromatic rings. The monoisotopic (exact) mass is 214 g/mol. The number of hydrogen-bond acceptors (Lipinski definition) is 2. The number of carbonyl (C=O) groups excluding carboxylic acids is 1. The summed E-state index contributed by atoms with van der Waals surface area (Å²) in [4.78, 5) is 13.6. The molecule has 0 radical (unpaired) electrons. The van der Waals surface area contributed by atoms with E-state index in [0.717, 1.165) is 25.9 Å². The largest absolute Gasteiger partial charge is 0.396 e. The van der Waals surface area contributed by atoms with E-state index in [1.54, 1.807) is 0 Å². The molecule has 0 saturated carbocycles. The van der Waals surface area contributed by atoms with E-state index in [1.165, 1.54) is 0 Å². The van der Waals surface area contributed by atoms with Crippen LogP contribution in [0.2, 0.25) is 0 Å². The van der Waals surface area contributed by atoms with Crippen LogP contribution in [0.25, 0.3) is 0 Å². The van der Waals surface area contributed by atoms with Crippen LogP contribution in [-0.2, 0) is 0 Å². The van der Waals surface area contributed by atoms with Crippen molar-refractivity contribution in [3.63, 3.8) is 0 Å². The Kier molecular flexibility index (Phi) is 4.88. The number of nitrogens with one attached hydrogen (secondary N) is 1. The van der Waals surface area contributed by atoms with Gasteiger partial charge >= 0.3 is 6.03 Å². The Balaban J connectivity index is 2.38. The van der Waals surface area contributed by atoms with Gasteiger partial charge in [0.05, 0.1) is 0 Å². The Labute approximate surface area is 91.6 Å². The molecule has 88 valence electrons. The SMILES string of the molecule is CC(C)C(CCO)NC(=O)N1CCCC1. The minimum atomic E-state index is 0.0275. The zero-order valence-electron chi connectivity index (χ0n) is 9.70. The summed E-state index contributed by atoms with van der Waals surface area (Å²) in [6, 6.07) is 0.114. The average molecular weight is 214 g/mol. The molecule has 1 atom stereocenters. The summed E-state index contributed by atoms with van der Waals surface area (Å²) in [5.41, 5.74) is 0. The molecule has 2 N–H and O–H groups in total. The molecule has 1 fully saturated rings. The molecule has 1 unspecified atom stereocenters. The van der Waals surface area contributed by atoms with E-state index in [-0.39, 0.29) is 18.7 Å². The van der Waals surface area contributed by atoms with Gasteiger partial charge in [-0.25, -0.2) is 4.79 Å². The third kappa shape index (κ3) is 3.70. The molecule has 1 rings (SSSR count). The summed E-state index contributed by atoms with van der Waals surface area (Å²) < 4.78 is 0. The van der Waals surface area contributed by atoms with Crippen LogP contribution in [0.1, 0.15) is 33.1 Å². The van der Waals surface area contributed by atoms with Crippen molar-refractivity contribution in [3.05, 3.63) is 0 Å². The molecule has 0 aromatic carbocycles. The average Bonchev–Trinajstić information content (AvgIpc) is 2.69. The number of nitrogens with zero attached hydrogens (tertiary/aromatic N) is 1. The lowest BCUT2D eigenvalue weighted by molar-refractivity contribution is 0.192. The second kappa shape index (κ2) is 5.95. The summed E-state index contributed by atoms with van der Waals surface area (Å²) in [7, 11) is 0. The lowest BCUT2D eigenvalue weighted by Gasteiger charge is -2.25. The van der Waals surface area contributed by atoms with Crippen LogP contribution in [-0.4, -0.2) is 41.8 Å². The van der Waals surface area contributed by atoms with Crippen molar-refractivity contribution in [2.45, 2.75) is 39.2 Å². The van der Waals surface area contributed by atoms with Gasteiger partial charge in [0, 0.05) is 25.7 Å². The molecule has 0 aromatic heterocycles. The molecular formula is C11H22N2O2. The Bertz CT molecular complexity index is 201. The number of urea groups is 1. The van der Waals surface area contributed by atoms with E-state index in [1.807, 2.05) is 4.90 Å². The van der Waals surface area contributed by atoms with Gasteiger partial charge < -0.3 is 15.3 Å². The van der Waals surface area contributed by atoms with Crippen LogP contribution in [0.5, 0.6) is 0 Å². The van der Waals surface area contributed by atoms with Crippen LogP contribution in [0, 0.1) is 5.92 Å². The van der Waals surface area contributed by atoms with Gasteiger partial charge in [0.15, 0.2) is 0 Å². The van der Waals surface area contributed by atoms with Gasteiger partial charge in [-0.3, -0.25) is 0 Å². The van der Waals surface area contributed by atoms with Gasteiger partial charge in [-0.1, -0.05) is 13.8 Å². The molecular weight excluding hydrogens is 192 g/mol. The highest BCUT2D eigenvalue weighted by Gasteiger charge is 2.21. The molecule has 4 nitrogen and oxygen atoms in total. The van der Waals surface area contributed by atoms with Gasteiger partial charge in [0.2, 0.25) is 0 Å². The topological polar surface area (TPSA) is 52.6 Å². The predicted molar refractivity (Wildman–Crippen MR) is 59.7 cm³/mol. The summed E-state index contributed by atoms with van der Waals surface area (Å²) in [5.74, 6) is 0.365. The fourth-order valence-corrected chi connectivity index (χ4v) is 1.88. The Hall–Kier alpha value is -0.770. The summed E-state index contributed by atoms with van der Waals surface area (Å²) >= 11 is 0. The van der Waals surface area contributed by atoms with E-state index in [2.05, 4.69) is 19.2 Å². The van der Waals surface area contributed by atoms with E-state index in [9.17, 15) is 4.79 Å². The van der Waals surface area contributed by atoms with E-state index in [0.29, 0.717) is 12.3 Å². The first-order valence-electron chi connectivity index (χ1n) is 5.81. The maximum absolute atomic E-state index is 11.8. The van der Waals surface area contributed by atoms with E-state index >= 15 is 0 Å². The number of carbonyl (C=O) groups is 1. The summed E-state index contributed by atoms with van der Waals surface area (Å²) in [5, 5.41) is 11.9. The minimum Gasteiger partial charge on any atom is -0.396 e. The second-order valence-corrected chi connectivity index (χ2v) is 4.51. The first kappa shape index (κ1) is 12.3. The lowest BCUT2D eigenvalue weighted by atomic mass is 10.0. The van der Waals surface area contributed by atoms with Crippen molar-refractivity contribution in [2.75, 3.05) is 19.7 Å². The molecule has 2 amide bonds. The van der Waals surface area contributed by atoms with Gasteiger partial charge in [-0.05, 0) is 25.2 Å². The molecule has 1 aliphatic heterocycles. The fraction of sp³-hybridized carbons (Fsp3) is 0.909. The van der Waals surface area contributed by atoms with Crippen molar-refractivity contribution < 1.29 is 9.90 Å². The Morgan fingerprint density at radius 2 is 2.00 bits per heavy atom. The van der Waals surface area contributed by atoms with Crippen molar-refractivity contribution in [2.24, 2.45) is 5.92 Å². The number of amides is 2. The highest BCUT2D eigenvalue weighted by Crippen LogP contribution is 2.10. The third-order valence-corrected chi connectivity index (χ3v) is 2.95. The van der Waals surface area contributed by atoms with Gasteiger partial charge in [-0.2, -0.15) is 0 Å². The smallest absolute Gasteiger partial charge is 0.317 e. The molecule has 1 aliphatic rings. The Morgan fingerprint density at radius 1 is 1.40 bits per heavy atom. The molecule has 1 saturated heterocycles. The first-order valence-corrected chi connectivity index (χ1v) is 5.81. The van der Waals surface area contributed by atoms with Crippen molar-refractivity contribution in [1.29, 1.82) is 0 Å². The quantitative estimate of drug-likeness (QED) is 0.739. The normalized spacial score (nSPS) is 18.3. The van der Waals surface area contributed by atoms with Crippen LogP contribution in [0.4, 0.5) is 4.79 Å². The number of rotatable bonds is 4. The number of aliphatic hydroxyl groups excluding tert-OH is 1. The molecule has 0 bridgehead atoms. The van der Waals surface area contributed by atoms with Gasteiger partial charge in [0.25, 0.3) is 0 Å². The third-order valence-electron chi connectivity index (χ3n) is 2.95. The number of hydrogen-bond donors (Lipinski definition) is 2. The second-order valence-electron chi connectivity index (χ2n) is 4.51. The molecule has 0 aliphatic carbocycles. The molecule has 4 heteroatoms. The highest BCUT2D eigenvalue weighted by atomic mass is 16.3. The summed E-state index contributed by atoms with van der Waals surface area (Å²) in [6.07, 6.45) is 2.86. The Morgan fingerprint density at radius 3 is 2.47 bits per heavy atom. The van der Waals surface area contributed by atoms with Gasteiger partial charge in [0.1, 0.15) is 0 Å². The summed E-state index contributed by atoms with van der Waals surface area (Å²) in [6.45, 7) is 5.99. The van der Waals surface area contributed by atoms with Crippen LogP contribution < -0.4 is 5.32 Å². The fourth-order valence-electron chi connectivity index (χ4n) is 1.88. The zero-order valence-corrected chi connectivity index (χ0v) is 9.70. The lowest BCUT2D eigenvalue weighted by Crippen LogP contribution is -2.46. The first-order chi connectivity index (χ1) is 7.15. The van der Waals surface area contributed by atoms with Crippen LogP contribution in [0.3, 0.4) is 0 Å². The van der Waals surface area contributed by atoms with E-state index in [4.69, 9.17) is 5.11 Å². The van der Waals surface area contributed by atoms with Crippen molar-refractivity contribution in [3.8, 4) is 0 Å².